The van der Waals surface area contributed by atoms with E-state index in [1.165, 1.54) is 28.7 Å². The monoisotopic (exact) mass is 447 g/mol. The molecule has 8 nitrogen and oxygen atoms in total. The highest BCUT2D eigenvalue weighted by molar-refractivity contribution is 7.19. The van der Waals surface area contributed by atoms with Crippen molar-refractivity contribution in [1.82, 2.24) is 29.7 Å². The highest BCUT2D eigenvalue weighted by Crippen LogP contribution is 2.42. The van der Waals surface area contributed by atoms with Gasteiger partial charge in [0.05, 0.1) is 30.9 Å². The first-order chi connectivity index (χ1) is 15.6. The van der Waals surface area contributed by atoms with Crippen molar-refractivity contribution in [2.45, 2.75) is 38.2 Å². The standard InChI is InChI=1S/C23H25N7OS/c1-23(15-11-26-29(2)13-15)14-30(9-10-31-23)21-19-16-5-3-4-6-18(16)32-22(19)28-20(27-21)17-12-24-7-8-25-17/h7-8,11-13H,3-6,9-10,14H2,1-2H3. The number of nitrogens with zero attached hydrogens (tertiary/aromatic N) is 7. The molecule has 164 valence electrons. The second-order valence-corrected chi connectivity index (χ2v) is 9.84. The summed E-state index contributed by atoms with van der Waals surface area (Å²) in [6, 6.07) is 0. The van der Waals surface area contributed by atoms with Gasteiger partial charge in [-0.1, -0.05) is 0 Å². The zero-order valence-corrected chi connectivity index (χ0v) is 19.1. The van der Waals surface area contributed by atoms with Crippen molar-refractivity contribution in [3.05, 3.63) is 47.0 Å². The van der Waals surface area contributed by atoms with Crippen LogP contribution in [0.1, 0.15) is 35.8 Å². The lowest BCUT2D eigenvalue weighted by Gasteiger charge is -2.41. The molecule has 0 N–H and O–H groups in total. The maximum absolute atomic E-state index is 6.28. The van der Waals surface area contributed by atoms with E-state index in [0.717, 1.165) is 35.6 Å². The van der Waals surface area contributed by atoms with Crippen LogP contribution in [0.25, 0.3) is 21.7 Å². The molecule has 1 saturated heterocycles. The number of aryl methyl sites for hydroxylation is 3. The number of thiophene rings is 1. The van der Waals surface area contributed by atoms with Crippen molar-refractivity contribution in [2.75, 3.05) is 24.6 Å². The third kappa shape index (κ3) is 3.27. The van der Waals surface area contributed by atoms with E-state index in [1.54, 1.807) is 18.6 Å². The number of rotatable bonds is 3. The molecule has 1 unspecified atom stereocenters. The van der Waals surface area contributed by atoms with Crippen LogP contribution in [-0.4, -0.2) is 49.4 Å². The topological polar surface area (TPSA) is 81.9 Å². The Morgan fingerprint density at radius 1 is 1.12 bits per heavy atom. The Morgan fingerprint density at radius 3 is 2.84 bits per heavy atom. The molecule has 1 fully saturated rings. The average Bonchev–Trinajstić information content (AvgIpc) is 3.43. The van der Waals surface area contributed by atoms with Crippen LogP contribution >= 0.6 is 11.3 Å². The third-order valence-corrected chi connectivity index (χ3v) is 7.66. The van der Waals surface area contributed by atoms with Crippen molar-refractivity contribution in [2.24, 2.45) is 7.05 Å². The molecule has 32 heavy (non-hydrogen) atoms. The zero-order valence-electron chi connectivity index (χ0n) is 18.3. The van der Waals surface area contributed by atoms with Gasteiger partial charge in [0.1, 0.15) is 21.9 Å². The Bertz CT molecular complexity index is 1280. The van der Waals surface area contributed by atoms with Crippen LogP contribution in [0.5, 0.6) is 0 Å². The molecule has 1 atom stereocenters. The van der Waals surface area contributed by atoms with Gasteiger partial charge in [0.25, 0.3) is 0 Å². The van der Waals surface area contributed by atoms with E-state index in [9.17, 15) is 0 Å². The molecular formula is C23H25N7OS. The molecule has 4 aromatic heterocycles. The molecule has 2 aliphatic rings. The lowest BCUT2D eigenvalue weighted by Crippen LogP contribution is -2.48. The van der Waals surface area contributed by atoms with Crippen LogP contribution in [0.4, 0.5) is 5.82 Å². The Balaban J connectivity index is 1.50. The third-order valence-electron chi connectivity index (χ3n) is 6.48. The molecule has 0 bridgehead atoms. The molecule has 1 aliphatic heterocycles. The number of hydrogen-bond acceptors (Lipinski definition) is 8. The molecule has 0 spiro atoms. The smallest absolute Gasteiger partial charge is 0.183 e. The predicted molar refractivity (Wildman–Crippen MR) is 124 cm³/mol. The van der Waals surface area contributed by atoms with E-state index in [0.29, 0.717) is 24.7 Å². The predicted octanol–water partition coefficient (Wildman–Crippen LogP) is 3.51. The van der Waals surface area contributed by atoms with Crippen LogP contribution in [0.15, 0.2) is 31.0 Å². The maximum atomic E-state index is 6.28. The minimum absolute atomic E-state index is 0.452. The highest BCUT2D eigenvalue weighted by Gasteiger charge is 2.37. The summed E-state index contributed by atoms with van der Waals surface area (Å²) < 4.78 is 8.11. The summed E-state index contributed by atoms with van der Waals surface area (Å²) in [7, 11) is 1.94. The highest BCUT2D eigenvalue weighted by atomic mass is 32.1. The van der Waals surface area contributed by atoms with E-state index in [1.807, 2.05) is 35.5 Å². The van der Waals surface area contributed by atoms with Crippen LogP contribution in [0.3, 0.4) is 0 Å². The van der Waals surface area contributed by atoms with Gasteiger partial charge in [-0.3, -0.25) is 9.67 Å². The van der Waals surface area contributed by atoms with Gasteiger partial charge in [-0.25, -0.2) is 15.0 Å². The number of morpholine rings is 1. The molecule has 0 saturated carbocycles. The average molecular weight is 448 g/mol. The number of anilines is 1. The number of aromatic nitrogens is 6. The fourth-order valence-electron chi connectivity index (χ4n) is 4.82. The van der Waals surface area contributed by atoms with E-state index >= 15 is 0 Å². The molecule has 0 aromatic carbocycles. The van der Waals surface area contributed by atoms with E-state index in [4.69, 9.17) is 14.7 Å². The van der Waals surface area contributed by atoms with Gasteiger partial charge >= 0.3 is 0 Å². The summed E-state index contributed by atoms with van der Waals surface area (Å²) in [6.07, 6.45) is 13.7. The number of hydrogen-bond donors (Lipinski definition) is 0. The number of ether oxygens (including phenoxy) is 1. The Hall–Kier alpha value is -2.91. The Labute approximate surface area is 190 Å². The van der Waals surface area contributed by atoms with Gasteiger partial charge in [0.15, 0.2) is 5.82 Å². The molecule has 6 rings (SSSR count). The van der Waals surface area contributed by atoms with Crippen molar-refractivity contribution in [1.29, 1.82) is 0 Å². The summed E-state index contributed by atoms with van der Waals surface area (Å²) in [5.74, 6) is 1.63. The largest absolute Gasteiger partial charge is 0.367 e. The zero-order chi connectivity index (χ0) is 21.7. The second kappa shape index (κ2) is 7.60. The van der Waals surface area contributed by atoms with Crippen LogP contribution in [0, 0.1) is 0 Å². The lowest BCUT2D eigenvalue weighted by molar-refractivity contribution is -0.0467. The fourth-order valence-corrected chi connectivity index (χ4v) is 6.07. The molecule has 0 amide bonds. The van der Waals surface area contributed by atoms with Gasteiger partial charge < -0.3 is 9.64 Å². The summed E-state index contributed by atoms with van der Waals surface area (Å²) in [6.45, 7) is 4.26. The van der Waals surface area contributed by atoms with Crippen molar-refractivity contribution in [3.8, 4) is 11.5 Å². The van der Waals surface area contributed by atoms with Gasteiger partial charge in [-0.15, -0.1) is 11.3 Å². The van der Waals surface area contributed by atoms with Gasteiger partial charge in [0.2, 0.25) is 0 Å². The molecule has 1 aliphatic carbocycles. The molecule has 4 aromatic rings. The quantitative estimate of drug-likeness (QED) is 0.475. The number of fused-ring (bicyclic) bond motifs is 3. The SMILES string of the molecule is Cn1cc(C2(C)CN(c3nc(-c4cnccn4)nc4sc5c(c34)CCCC5)CCO2)cn1. The van der Waals surface area contributed by atoms with Crippen molar-refractivity contribution < 1.29 is 4.74 Å². The van der Waals surface area contributed by atoms with Crippen molar-refractivity contribution >= 4 is 27.4 Å². The second-order valence-electron chi connectivity index (χ2n) is 8.76. The van der Waals surface area contributed by atoms with Crippen LogP contribution in [0.2, 0.25) is 0 Å². The van der Waals surface area contributed by atoms with Crippen LogP contribution in [-0.2, 0) is 30.2 Å². The van der Waals surface area contributed by atoms with E-state index in [-0.39, 0.29) is 0 Å². The summed E-state index contributed by atoms with van der Waals surface area (Å²) in [5.41, 5.74) is 2.76. The summed E-state index contributed by atoms with van der Waals surface area (Å²) in [4.78, 5) is 23.6. The van der Waals surface area contributed by atoms with Gasteiger partial charge in [-0.2, -0.15) is 5.10 Å². The summed E-state index contributed by atoms with van der Waals surface area (Å²) >= 11 is 1.82. The lowest BCUT2D eigenvalue weighted by atomic mass is 9.95. The van der Waals surface area contributed by atoms with Gasteiger partial charge in [-0.05, 0) is 38.2 Å². The molecule has 9 heteroatoms. The van der Waals surface area contributed by atoms with Gasteiger partial charge in [0, 0.05) is 42.6 Å². The first-order valence-electron chi connectivity index (χ1n) is 11.1. The summed E-state index contributed by atoms with van der Waals surface area (Å²) in [5, 5.41) is 5.58. The Kier molecular flexibility index (Phi) is 4.69. The van der Waals surface area contributed by atoms with E-state index < -0.39 is 5.60 Å². The normalized spacial score (nSPS) is 21.1. The Morgan fingerprint density at radius 2 is 2.03 bits per heavy atom. The first-order valence-corrected chi connectivity index (χ1v) is 11.9. The van der Waals surface area contributed by atoms with E-state index in [2.05, 4.69) is 26.9 Å². The van der Waals surface area contributed by atoms with Crippen molar-refractivity contribution in [3.63, 3.8) is 0 Å². The first kappa shape index (κ1) is 19.8. The molecular weight excluding hydrogens is 422 g/mol. The van der Waals surface area contributed by atoms with Crippen LogP contribution < -0.4 is 4.90 Å². The molecule has 5 heterocycles. The minimum atomic E-state index is -0.452. The fraction of sp³-hybridized carbons (Fsp3) is 0.435. The minimum Gasteiger partial charge on any atom is -0.367 e. The molecule has 0 radical (unpaired) electrons. The maximum Gasteiger partial charge on any atom is 0.183 e.